The maximum atomic E-state index is 5.43. The normalized spacial score (nSPS) is 10.3. The van der Waals surface area contributed by atoms with E-state index in [1.165, 1.54) is 0 Å². The van der Waals surface area contributed by atoms with Crippen molar-refractivity contribution >= 4 is 5.95 Å². The quantitative estimate of drug-likeness (QED) is 0.854. The van der Waals surface area contributed by atoms with Crippen LogP contribution in [0.5, 0.6) is 11.9 Å². The molecule has 1 N–H and O–H groups in total. The Morgan fingerprint density at radius 3 is 2.88 bits per heavy atom. The van der Waals surface area contributed by atoms with Gasteiger partial charge in [-0.25, -0.2) is 4.98 Å². The lowest BCUT2D eigenvalue weighted by Gasteiger charge is -2.05. The molecular weight excluding hydrogens is 220 g/mol. The molecule has 7 nitrogen and oxygen atoms in total. The van der Waals surface area contributed by atoms with Gasteiger partial charge in [-0.05, 0) is 13.8 Å². The van der Waals surface area contributed by atoms with Gasteiger partial charge in [0.25, 0.3) is 0 Å². The van der Waals surface area contributed by atoms with Crippen LogP contribution in [0.4, 0.5) is 5.95 Å². The molecule has 0 amide bonds. The molecule has 0 aliphatic carbocycles. The predicted molar refractivity (Wildman–Crippen MR) is 62.0 cm³/mol. The molecule has 0 radical (unpaired) electrons. The molecule has 0 aliphatic heterocycles. The van der Waals surface area contributed by atoms with Crippen molar-refractivity contribution in [2.45, 2.75) is 13.8 Å². The minimum atomic E-state index is 0.271. The van der Waals surface area contributed by atoms with E-state index in [4.69, 9.17) is 4.74 Å². The fourth-order valence-electron chi connectivity index (χ4n) is 1.29. The van der Waals surface area contributed by atoms with Gasteiger partial charge in [0.2, 0.25) is 11.8 Å². The maximum Gasteiger partial charge on any atom is 0.342 e. The zero-order valence-corrected chi connectivity index (χ0v) is 10.0. The number of rotatable bonds is 4. The maximum absolute atomic E-state index is 5.43. The van der Waals surface area contributed by atoms with Crippen LogP contribution < -0.4 is 10.1 Å². The Hall–Kier alpha value is -2.18. The van der Waals surface area contributed by atoms with Gasteiger partial charge >= 0.3 is 6.01 Å². The van der Waals surface area contributed by atoms with Crippen molar-refractivity contribution in [1.29, 1.82) is 0 Å². The molecule has 0 aliphatic rings. The van der Waals surface area contributed by atoms with Gasteiger partial charge in [-0.3, -0.25) is 4.68 Å². The second-order valence-corrected chi connectivity index (χ2v) is 3.50. The van der Waals surface area contributed by atoms with Gasteiger partial charge in [-0.15, -0.1) is 5.10 Å². The first-order chi connectivity index (χ1) is 8.17. The molecule has 7 heteroatoms. The van der Waals surface area contributed by atoms with E-state index in [0.29, 0.717) is 11.8 Å². The van der Waals surface area contributed by atoms with E-state index < -0.39 is 0 Å². The largest absolute Gasteiger partial charge is 0.404 e. The van der Waals surface area contributed by atoms with E-state index in [2.05, 4.69) is 25.4 Å². The number of aromatic nitrogens is 5. The van der Waals surface area contributed by atoms with Crippen molar-refractivity contribution in [3.05, 3.63) is 18.1 Å². The Labute approximate surface area is 98.9 Å². The summed E-state index contributed by atoms with van der Waals surface area (Å²) < 4.78 is 7.00. The molecule has 2 aromatic heterocycles. The monoisotopic (exact) mass is 234 g/mol. The molecule has 0 unspecified atom stereocenters. The highest BCUT2D eigenvalue weighted by Gasteiger charge is 2.06. The van der Waals surface area contributed by atoms with Crippen LogP contribution in [0, 0.1) is 6.92 Å². The Bertz CT molecular complexity index is 509. The lowest BCUT2D eigenvalue weighted by Crippen LogP contribution is -2.04. The number of nitrogens with zero attached hydrogens (tertiary/aromatic N) is 5. The zero-order valence-electron chi connectivity index (χ0n) is 10.0. The number of anilines is 1. The van der Waals surface area contributed by atoms with Crippen molar-refractivity contribution in [2.75, 3.05) is 11.9 Å². The standard InChI is InChI=1S/C10H14N6O/c1-4-11-9-13-7(2)5-8(14-9)17-10-12-6-16(3)15-10/h5-6H,4H2,1-3H3,(H,11,13,14). The minimum absolute atomic E-state index is 0.271. The molecule has 2 rings (SSSR count). The van der Waals surface area contributed by atoms with E-state index in [9.17, 15) is 0 Å². The summed E-state index contributed by atoms with van der Waals surface area (Å²) in [5, 5.41) is 7.05. The first kappa shape index (κ1) is 11.3. The topological polar surface area (TPSA) is 77.8 Å². The molecular formula is C10H14N6O. The summed E-state index contributed by atoms with van der Waals surface area (Å²) in [7, 11) is 1.77. The summed E-state index contributed by atoms with van der Waals surface area (Å²) in [5.74, 6) is 0.970. The highest BCUT2D eigenvalue weighted by atomic mass is 16.5. The Balaban J connectivity index is 2.20. The molecule has 17 heavy (non-hydrogen) atoms. The summed E-state index contributed by atoms with van der Waals surface area (Å²) >= 11 is 0. The van der Waals surface area contributed by atoms with Gasteiger partial charge in [0.15, 0.2) is 0 Å². The molecule has 0 atom stereocenters. The van der Waals surface area contributed by atoms with Crippen LogP contribution in [-0.4, -0.2) is 31.3 Å². The van der Waals surface area contributed by atoms with Crippen LogP contribution >= 0.6 is 0 Å². The first-order valence-corrected chi connectivity index (χ1v) is 5.30. The third-order valence-electron chi connectivity index (χ3n) is 1.94. The van der Waals surface area contributed by atoms with Crippen molar-refractivity contribution in [3.8, 4) is 11.9 Å². The van der Waals surface area contributed by atoms with E-state index in [-0.39, 0.29) is 6.01 Å². The molecule has 0 spiro atoms. The second-order valence-electron chi connectivity index (χ2n) is 3.50. The molecule has 0 saturated heterocycles. The van der Waals surface area contributed by atoms with E-state index in [0.717, 1.165) is 12.2 Å². The number of hydrogen-bond donors (Lipinski definition) is 1. The molecule has 0 bridgehead atoms. The summed E-state index contributed by atoms with van der Waals surface area (Å²) in [6, 6.07) is 2.00. The summed E-state index contributed by atoms with van der Waals surface area (Å²) in [6.07, 6.45) is 1.56. The van der Waals surface area contributed by atoms with Gasteiger partial charge in [-0.1, -0.05) is 0 Å². The molecule has 2 heterocycles. The van der Waals surface area contributed by atoms with Crippen molar-refractivity contribution < 1.29 is 4.74 Å². The van der Waals surface area contributed by atoms with Gasteiger partial charge in [0.1, 0.15) is 6.33 Å². The van der Waals surface area contributed by atoms with Crippen LogP contribution in [0.3, 0.4) is 0 Å². The Morgan fingerprint density at radius 2 is 2.24 bits per heavy atom. The number of aryl methyl sites for hydroxylation is 2. The molecule has 90 valence electrons. The van der Waals surface area contributed by atoms with Crippen LogP contribution in [0.25, 0.3) is 0 Å². The predicted octanol–water partition coefficient (Wildman–Crippen LogP) is 1.14. The molecule has 2 aromatic rings. The molecule has 0 aromatic carbocycles. The summed E-state index contributed by atoms with van der Waals surface area (Å²) in [6.45, 7) is 4.61. The summed E-state index contributed by atoms with van der Waals surface area (Å²) in [4.78, 5) is 12.4. The van der Waals surface area contributed by atoms with Crippen LogP contribution in [0.1, 0.15) is 12.6 Å². The average molecular weight is 234 g/mol. The van der Waals surface area contributed by atoms with Gasteiger partial charge in [-0.2, -0.15) is 9.97 Å². The minimum Gasteiger partial charge on any atom is -0.404 e. The van der Waals surface area contributed by atoms with E-state index >= 15 is 0 Å². The van der Waals surface area contributed by atoms with Crippen molar-refractivity contribution in [3.63, 3.8) is 0 Å². The molecule has 0 fully saturated rings. The van der Waals surface area contributed by atoms with Crippen molar-refractivity contribution in [1.82, 2.24) is 24.7 Å². The number of hydrogen-bond acceptors (Lipinski definition) is 6. The van der Waals surface area contributed by atoms with Crippen LogP contribution in [-0.2, 0) is 7.05 Å². The van der Waals surface area contributed by atoms with Crippen LogP contribution in [0.2, 0.25) is 0 Å². The fraction of sp³-hybridized carbons (Fsp3) is 0.400. The zero-order chi connectivity index (χ0) is 12.3. The fourth-order valence-corrected chi connectivity index (χ4v) is 1.29. The highest BCUT2D eigenvalue weighted by Crippen LogP contribution is 2.16. The SMILES string of the molecule is CCNc1nc(C)cc(Oc2ncn(C)n2)n1. The lowest BCUT2D eigenvalue weighted by atomic mass is 10.4. The molecule has 0 saturated carbocycles. The van der Waals surface area contributed by atoms with Crippen LogP contribution in [0.15, 0.2) is 12.4 Å². The Morgan fingerprint density at radius 1 is 1.41 bits per heavy atom. The third-order valence-corrected chi connectivity index (χ3v) is 1.94. The van der Waals surface area contributed by atoms with E-state index in [1.54, 1.807) is 24.1 Å². The lowest BCUT2D eigenvalue weighted by molar-refractivity contribution is 0.421. The van der Waals surface area contributed by atoms with E-state index in [1.807, 2.05) is 13.8 Å². The van der Waals surface area contributed by atoms with Crippen molar-refractivity contribution in [2.24, 2.45) is 7.05 Å². The second kappa shape index (κ2) is 4.77. The average Bonchev–Trinajstić information content (AvgIpc) is 2.63. The number of nitrogens with one attached hydrogen (secondary N) is 1. The summed E-state index contributed by atoms with van der Waals surface area (Å²) in [5.41, 5.74) is 0.821. The smallest absolute Gasteiger partial charge is 0.342 e. The highest BCUT2D eigenvalue weighted by molar-refractivity contribution is 5.31. The van der Waals surface area contributed by atoms with Gasteiger partial charge < -0.3 is 10.1 Å². The van der Waals surface area contributed by atoms with Gasteiger partial charge in [0, 0.05) is 25.4 Å². The first-order valence-electron chi connectivity index (χ1n) is 5.30. The van der Waals surface area contributed by atoms with Gasteiger partial charge in [0.05, 0.1) is 0 Å². The Kier molecular flexibility index (Phi) is 3.17. The number of ether oxygens (including phenoxy) is 1. The third kappa shape index (κ3) is 2.90.